The van der Waals surface area contributed by atoms with E-state index in [-0.39, 0.29) is 0 Å². The minimum Gasteiger partial charge on any atom is -0.481 e. The average molecular weight is 202 g/mol. The van der Waals surface area contributed by atoms with E-state index in [1.807, 2.05) is 6.07 Å². The zero-order chi connectivity index (χ0) is 10.7. The largest absolute Gasteiger partial charge is 0.481 e. The lowest BCUT2D eigenvalue weighted by Gasteiger charge is -2.02. The molecule has 0 bridgehead atoms. The van der Waals surface area contributed by atoms with E-state index in [2.05, 4.69) is 15.2 Å². The molecule has 0 unspecified atom stereocenters. The van der Waals surface area contributed by atoms with Gasteiger partial charge in [0.25, 0.3) is 0 Å². The van der Waals surface area contributed by atoms with Crippen LogP contribution in [0, 0.1) is 0 Å². The molecule has 0 saturated heterocycles. The molecule has 2 heterocycles. The summed E-state index contributed by atoms with van der Waals surface area (Å²) in [6.45, 7) is 0. The summed E-state index contributed by atoms with van der Waals surface area (Å²) in [7, 11) is 1.57. The number of ether oxygens (including phenoxy) is 1. The van der Waals surface area contributed by atoms with Crippen LogP contribution >= 0.6 is 0 Å². The predicted octanol–water partition coefficient (Wildman–Crippen LogP) is 1.13. The molecule has 0 aliphatic carbocycles. The summed E-state index contributed by atoms with van der Waals surface area (Å²) in [5, 5.41) is 7.74. The SMILES string of the molecule is COc1cc(-c2ccc(N)nn2)ccn1. The van der Waals surface area contributed by atoms with Crippen molar-refractivity contribution in [1.29, 1.82) is 0 Å². The molecule has 0 spiro atoms. The molecule has 2 aromatic heterocycles. The number of methoxy groups -OCH3 is 1. The third kappa shape index (κ3) is 2.01. The number of hydrogen-bond acceptors (Lipinski definition) is 5. The smallest absolute Gasteiger partial charge is 0.213 e. The van der Waals surface area contributed by atoms with Crippen molar-refractivity contribution in [2.75, 3.05) is 12.8 Å². The van der Waals surface area contributed by atoms with E-state index >= 15 is 0 Å². The summed E-state index contributed by atoms with van der Waals surface area (Å²) >= 11 is 0. The molecule has 2 aromatic rings. The molecule has 5 heteroatoms. The van der Waals surface area contributed by atoms with Crippen molar-refractivity contribution in [1.82, 2.24) is 15.2 Å². The number of aromatic nitrogens is 3. The van der Waals surface area contributed by atoms with Gasteiger partial charge >= 0.3 is 0 Å². The van der Waals surface area contributed by atoms with E-state index in [1.54, 1.807) is 31.5 Å². The van der Waals surface area contributed by atoms with Crippen LogP contribution in [0.3, 0.4) is 0 Å². The van der Waals surface area contributed by atoms with Gasteiger partial charge in [0.15, 0.2) is 0 Å². The highest BCUT2D eigenvalue weighted by Gasteiger charge is 2.01. The first-order valence-corrected chi connectivity index (χ1v) is 4.39. The summed E-state index contributed by atoms with van der Waals surface area (Å²) in [4.78, 5) is 4.01. The first-order chi connectivity index (χ1) is 7.29. The monoisotopic (exact) mass is 202 g/mol. The fourth-order valence-corrected chi connectivity index (χ4v) is 1.18. The van der Waals surface area contributed by atoms with Crippen LogP contribution in [0.25, 0.3) is 11.3 Å². The number of nitrogens with two attached hydrogens (primary N) is 1. The van der Waals surface area contributed by atoms with Gasteiger partial charge < -0.3 is 10.5 Å². The van der Waals surface area contributed by atoms with Crippen molar-refractivity contribution < 1.29 is 4.74 Å². The van der Waals surface area contributed by atoms with Crippen molar-refractivity contribution in [3.05, 3.63) is 30.5 Å². The second-order valence-electron chi connectivity index (χ2n) is 2.93. The van der Waals surface area contributed by atoms with E-state index in [9.17, 15) is 0 Å². The molecule has 0 amide bonds. The molecule has 0 aromatic carbocycles. The molecule has 2 N–H and O–H groups in total. The molecule has 76 valence electrons. The molecule has 15 heavy (non-hydrogen) atoms. The van der Waals surface area contributed by atoms with E-state index in [1.165, 1.54) is 0 Å². The number of pyridine rings is 1. The second kappa shape index (κ2) is 3.91. The highest BCUT2D eigenvalue weighted by atomic mass is 16.5. The molecule has 5 nitrogen and oxygen atoms in total. The highest BCUT2D eigenvalue weighted by molar-refractivity contribution is 5.59. The lowest BCUT2D eigenvalue weighted by Crippen LogP contribution is -1.94. The molecule has 0 aliphatic heterocycles. The Morgan fingerprint density at radius 3 is 2.73 bits per heavy atom. The van der Waals surface area contributed by atoms with E-state index in [0.29, 0.717) is 11.7 Å². The molecular weight excluding hydrogens is 192 g/mol. The van der Waals surface area contributed by atoms with Gasteiger partial charge in [-0.2, -0.15) is 0 Å². The van der Waals surface area contributed by atoms with Crippen LogP contribution in [0.15, 0.2) is 30.5 Å². The van der Waals surface area contributed by atoms with Crippen LogP contribution in [0.5, 0.6) is 5.88 Å². The maximum absolute atomic E-state index is 5.45. The highest BCUT2D eigenvalue weighted by Crippen LogP contribution is 2.19. The van der Waals surface area contributed by atoms with Gasteiger partial charge in [-0.1, -0.05) is 0 Å². The Hall–Kier alpha value is -2.17. The van der Waals surface area contributed by atoms with E-state index < -0.39 is 0 Å². The third-order valence-electron chi connectivity index (χ3n) is 1.92. The summed E-state index contributed by atoms with van der Waals surface area (Å²) in [5.74, 6) is 0.950. The molecule has 2 rings (SSSR count). The van der Waals surface area contributed by atoms with Crippen LogP contribution < -0.4 is 10.5 Å². The Labute approximate surface area is 86.9 Å². The average Bonchev–Trinajstić information content (AvgIpc) is 2.30. The summed E-state index contributed by atoms with van der Waals surface area (Å²) < 4.78 is 5.02. The number of hydrogen-bond donors (Lipinski definition) is 1. The topological polar surface area (TPSA) is 73.9 Å². The van der Waals surface area contributed by atoms with Crippen LogP contribution in [0.2, 0.25) is 0 Å². The van der Waals surface area contributed by atoms with Crippen molar-refractivity contribution >= 4 is 5.82 Å². The predicted molar refractivity (Wildman–Crippen MR) is 56.2 cm³/mol. The Morgan fingerprint density at radius 2 is 2.07 bits per heavy atom. The van der Waals surface area contributed by atoms with Crippen LogP contribution in [-0.4, -0.2) is 22.3 Å². The van der Waals surface area contributed by atoms with E-state index in [4.69, 9.17) is 10.5 Å². The minimum absolute atomic E-state index is 0.403. The van der Waals surface area contributed by atoms with Crippen LogP contribution in [-0.2, 0) is 0 Å². The number of nitrogens with zero attached hydrogens (tertiary/aromatic N) is 3. The van der Waals surface area contributed by atoms with E-state index in [0.717, 1.165) is 11.3 Å². The van der Waals surface area contributed by atoms with Crippen molar-refractivity contribution in [2.45, 2.75) is 0 Å². The zero-order valence-corrected chi connectivity index (χ0v) is 8.21. The first kappa shape index (κ1) is 9.39. The van der Waals surface area contributed by atoms with Gasteiger partial charge in [0.2, 0.25) is 5.88 Å². The number of nitrogen functional groups attached to an aromatic ring is 1. The molecule has 0 saturated carbocycles. The molecule has 0 radical (unpaired) electrons. The Morgan fingerprint density at radius 1 is 1.20 bits per heavy atom. The number of anilines is 1. The van der Waals surface area contributed by atoms with Crippen LogP contribution in [0.1, 0.15) is 0 Å². The molecule has 0 fully saturated rings. The van der Waals surface area contributed by atoms with Gasteiger partial charge in [-0.3, -0.25) is 0 Å². The normalized spacial score (nSPS) is 9.93. The maximum Gasteiger partial charge on any atom is 0.213 e. The van der Waals surface area contributed by atoms with Gasteiger partial charge in [-0.05, 0) is 18.2 Å². The Kier molecular flexibility index (Phi) is 2.45. The van der Waals surface area contributed by atoms with Gasteiger partial charge in [0.1, 0.15) is 5.82 Å². The third-order valence-corrected chi connectivity index (χ3v) is 1.92. The molecule has 0 atom stereocenters. The summed E-state index contributed by atoms with van der Waals surface area (Å²) in [6, 6.07) is 7.13. The summed E-state index contributed by atoms with van der Waals surface area (Å²) in [5.41, 5.74) is 7.09. The van der Waals surface area contributed by atoms with Crippen molar-refractivity contribution in [3.8, 4) is 17.1 Å². The standard InChI is InChI=1S/C10H10N4O/c1-15-10-6-7(4-5-12-10)8-2-3-9(11)14-13-8/h2-6H,1H3,(H2,11,14). The lowest BCUT2D eigenvalue weighted by atomic mass is 10.2. The van der Waals surface area contributed by atoms with Gasteiger partial charge in [0, 0.05) is 17.8 Å². The molecular formula is C10H10N4O. The summed E-state index contributed by atoms with van der Waals surface area (Å²) in [6.07, 6.45) is 1.66. The van der Waals surface area contributed by atoms with Gasteiger partial charge in [-0.15, -0.1) is 10.2 Å². The quantitative estimate of drug-likeness (QED) is 0.790. The Bertz CT molecular complexity index is 455. The lowest BCUT2D eigenvalue weighted by molar-refractivity contribution is 0.398. The minimum atomic E-state index is 0.403. The van der Waals surface area contributed by atoms with Crippen molar-refractivity contribution in [2.24, 2.45) is 0 Å². The first-order valence-electron chi connectivity index (χ1n) is 4.39. The van der Waals surface area contributed by atoms with Crippen LogP contribution in [0.4, 0.5) is 5.82 Å². The number of rotatable bonds is 2. The second-order valence-corrected chi connectivity index (χ2v) is 2.93. The van der Waals surface area contributed by atoms with Gasteiger partial charge in [-0.25, -0.2) is 4.98 Å². The maximum atomic E-state index is 5.45. The molecule has 0 aliphatic rings. The fourth-order valence-electron chi connectivity index (χ4n) is 1.18. The van der Waals surface area contributed by atoms with Crippen molar-refractivity contribution in [3.63, 3.8) is 0 Å². The zero-order valence-electron chi connectivity index (χ0n) is 8.21. The Balaban J connectivity index is 2.40. The fraction of sp³-hybridized carbons (Fsp3) is 0.100. The van der Waals surface area contributed by atoms with Gasteiger partial charge in [0.05, 0.1) is 12.8 Å².